The molecule has 0 amide bonds. The van der Waals surface area contributed by atoms with E-state index in [2.05, 4.69) is 18.7 Å². The smallest absolute Gasteiger partial charge is 0.0468 e. The lowest BCUT2D eigenvalue weighted by Gasteiger charge is -2.43. The third-order valence-corrected chi connectivity index (χ3v) is 5.26. The minimum absolute atomic E-state index is 0.142. The molecule has 2 N–H and O–H groups in total. The molecule has 0 aromatic rings. The number of nitrogens with zero attached hydrogens (tertiary/aromatic N) is 1. The van der Waals surface area contributed by atoms with Crippen LogP contribution in [0.15, 0.2) is 0 Å². The van der Waals surface area contributed by atoms with Crippen LogP contribution in [0.1, 0.15) is 58.8 Å². The molecule has 0 radical (unpaired) electrons. The van der Waals surface area contributed by atoms with Crippen molar-refractivity contribution in [2.24, 2.45) is 11.7 Å². The Morgan fingerprint density at radius 2 is 1.68 bits per heavy atom. The number of hydrogen-bond donors (Lipinski definition) is 1. The largest absolute Gasteiger partial charge is 0.381 e. The van der Waals surface area contributed by atoms with Gasteiger partial charge in [0, 0.05) is 24.8 Å². The van der Waals surface area contributed by atoms with Gasteiger partial charge in [0.25, 0.3) is 0 Å². The second kappa shape index (κ2) is 7.05. The van der Waals surface area contributed by atoms with E-state index in [9.17, 15) is 0 Å². The summed E-state index contributed by atoms with van der Waals surface area (Å²) in [5.41, 5.74) is 6.72. The molecule has 0 spiro atoms. The lowest BCUT2D eigenvalue weighted by atomic mass is 9.83. The van der Waals surface area contributed by atoms with Gasteiger partial charge < -0.3 is 10.5 Å². The molecule has 3 nitrogen and oxygen atoms in total. The van der Waals surface area contributed by atoms with Crippen molar-refractivity contribution in [3.8, 4) is 0 Å². The van der Waals surface area contributed by atoms with Gasteiger partial charge in [-0.15, -0.1) is 0 Å². The highest BCUT2D eigenvalue weighted by Crippen LogP contribution is 2.28. The fraction of sp³-hybridized carbons (Fsp3) is 1.00. The van der Waals surface area contributed by atoms with Crippen molar-refractivity contribution in [1.29, 1.82) is 0 Å². The van der Waals surface area contributed by atoms with Crippen LogP contribution in [0.25, 0.3) is 0 Å². The van der Waals surface area contributed by atoms with Crippen molar-refractivity contribution in [2.45, 2.75) is 70.4 Å². The molecule has 3 heteroatoms. The second-order valence-corrected chi connectivity index (χ2v) is 6.95. The van der Waals surface area contributed by atoms with Crippen LogP contribution in [0.4, 0.5) is 0 Å². The summed E-state index contributed by atoms with van der Waals surface area (Å²) in [6.07, 6.45) is 9.02. The summed E-state index contributed by atoms with van der Waals surface area (Å²) < 4.78 is 5.45. The second-order valence-electron chi connectivity index (χ2n) is 6.95. The molecule has 112 valence electrons. The van der Waals surface area contributed by atoms with Crippen LogP contribution >= 0.6 is 0 Å². The Hall–Kier alpha value is -0.120. The van der Waals surface area contributed by atoms with Crippen molar-refractivity contribution < 1.29 is 4.74 Å². The van der Waals surface area contributed by atoms with E-state index in [-0.39, 0.29) is 11.6 Å². The van der Waals surface area contributed by atoms with Crippen molar-refractivity contribution >= 4 is 0 Å². The highest BCUT2D eigenvalue weighted by Gasteiger charge is 2.34. The van der Waals surface area contributed by atoms with Gasteiger partial charge in [0.1, 0.15) is 0 Å². The average molecular weight is 268 g/mol. The first-order valence-electron chi connectivity index (χ1n) is 8.19. The molecule has 2 aliphatic heterocycles. The monoisotopic (exact) mass is 268 g/mol. The van der Waals surface area contributed by atoms with Crippen LogP contribution < -0.4 is 5.73 Å². The molecule has 0 aromatic carbocycles. The Labute approximate surface area is 118 Å². The van der Waals surface area contributed by atoms with Gasteiger partial charge in [0.2, 0.25) is 0 Å². The van der Waals surface area contributed by atoms with Crippen molar-refractivity contribution in [1.82, 2.24) is 4.90 Å². The maximum atomic E-state index is 6.58. The number of rotatable bonds is 4. The molecule has 2 rings (SSSR count). The van der Waals surface area contributed by atoms with E-state index in [1.165, 1.54) is 51.6 Å². The first-order chi connectivity index (χ1) is 9.10. The van der Waals surface area contributed by atoms with Crippen LogP contribution in [0.2, 0.25) is 0 Å². The molecular weight excluding hydrogens is 236 g/mol. The van der Waals surface area contributed by atoms with Gasteiger partial charge in [-0.2, -0.15) is 0 Å². The normalized spacial score (nSPS) is 26.1. The van der Waals surface area contributed by atoms with Crippen molar-refractivity contribution in [3.63, 3.8) is 0 Å². The van der Waals surface area contributed by atoms with E-state index in [0.717, 1.165) is 25.6 Å². The predicted octanol–water partition coefficient (Wildman–Crippen LogP) is 2.79. The molecule has 2 fully saturated rings. The molecule has 1 atom stereocenters. The zero-order valence-electron chi connectivity index (χ0n) is 12.9. The molecule has 0 aliphatic carbocycles. The average Bonchev–Trinajstić information content (AvgIpc) is 2.69. The maximum Gasteiger partial charge on any atom is 0.0468 e. The number of likely N-dealkylation sites (tertiary alicyclic amines) is 1. The van der Waals surface area contributed by atoms with Crippen LogP contribution in [-0.4, -0.2) is 42.8 Å². The summed E-state index contributed by atoms with van der Waals surface area (Å²) in [6, 6.07) is 0.286. The zero-order valence-corrected chi connectivity index (χ0v) is 12.9. The maximum absolute atomic E-state index is 6.58. The fourth-order valence-electron chi connectivity index (χ4n) is 3.51. The zero-order chi connectivity index (χ0) is 13.7. The Morgan fingerprint density at radius 3 is 2.26 bits per heavy atom. The third-order valence-electron chi connectivity index (χ3n) is 5.26. The van der Waals surface area contributed by atoms with E-state index in [4.69, 9.17) is 10.5 Å². The first-order valence-corrected chi connectivity index (χ1v) is 8.19. The Morgan fingerprint density at radius 1 is 1.11 bits per heavy atom. The van der Waals surface area contributed by atoms with Crippen LogP contribution in [0, 0.1) is 5.92 Å². The van der Waals surface area contributed by atoms with Gasteiger partial charge in [-0.05, 0) is 65.0 Å². The van der Waals surface area contributed by atoms with E-state index in [1.54, 1.807) is 0 Å². The van der Waals surface area contributed by atoms with Crippen LogP contribution in [0.5, 0.6) is 0 Å². The fourth-order valence-corrected chi connectivity index (χ4v) is 3.51. The Bertz CT molecular complexity index is 253. The van der Waals surface area contributed by atoms with Crippen LogP contribution in [-0.2, 0) is 4.74 Å². The predicted molar refractivity (Wildman–Crippen MR) is 80.3 cm³/mol. The Kier molecular flexibility index (Phi) is 5.67. The molecule has 2 aliphatic rings. The molecule has 0 saturated carbocycles. The molecular formula is C16H32N2O. The molecule has 0 bridgehead atoms. The number of ether oxygens (including phenoxy) is 1. The lowest BCUT2D eigenvalue weighted by molar-refractivity contribution is 0.0442. The van der Waals surface area contributed by atoms with E-state index in [1.807, 2.05) is 0 Å². The lowest BCUT2D eigenvalue weighted by Crippen LogP contribution is -2.57. The molecule has 1 unspecified atom stereocenters. The van der Waals surface area contributed by atoms with Crippen molar-refractivity contribution in [3.05, 3.63) is 0 Å². The van der Waals surface area contributed by atoms with E-state index in [0.29, 0.717) is 0 Å². The van der Waals surface area contributed by atoms with Gasteiger partial charge in [-0.3, -0.25) is 4.90 Å². The van der Waals surface area contributed by atoms with Crippen LogP contribution in [0.3, 0.4) is 0 Å². The molecule has 19 heavy (non-hydrogen) atoms. The van der Waals surface area contributed by atoms with E-state index < -0.39 is 0 Å². The summed E-state index contributed by atoms with van der Waals surface area (Å²) >= 11 is 0. The minimum atomic E-state index is 0.142. The summed E-state index contributed by atoms with van der Waals surface area (Å²) in [7, 11) is 0. The van der Waals surface area contributed by atoms with E-state index >= 15 is 0 Å². The van der Waals surface area contributed by atoms with Gasteiger partial charge in [0.15, 0.2) is 0 Å². The summed E-state index contributed by atoms with van der Waals surface area (Å²) in [5.74, 6) is 0.773. The number of hydrogen-bond acceptors (Lipinski definition) is 3. The highest BCUT2D eigenvalue weighted by molar-refractivity contribution is 4.93. The highest BCUT2D eigenvalue weighted by atomic mass is 16.5. The van der Waals surface area contributed by atoms with Crippen molar-refractivity contribution in [2.75, 3.05) is 26.3 Å². The minimum Gasteiger partial charge on any atom is -0.381 e. The molecule has 0 aromatic heterocycles. The standard InChI is InChI=1S/C16H32N2O/c1-16(2,18-9-5-3-4-6-10-18)15(17)13-14-7-11-19-12-8-14/h14-15H,3-13,17H2,1-2H3. The molecule has 2 heterocycles. The van der Waals surface area contributed by atoms with Gasteiger partial charge in [-0.25, -0.2) is 0 Å². The number of nitrogens with two attached hydrogens (primary N) is 1. The quantitative estimate of drug-likeness (QED) is 0.852. The van der Waals surface area contributed by atoms with Gasteiger partial charge >= 0.3 is 0 Å². The SMILES string of the molecule is CC(C)(C(N)CC1CCOCC1)N1CCCCCC1. The Balaban J connectivity index is 1.88. The summed E-state index contributed by atoms with van der Waals surface area (Å²) in [5, 5.41) is 0. The summed E-state index contributed by atoms with van der Waals surface area (Å²) in [4.78, 5) is 2.64. The summed E-state index contributed by atoms with van der Waals surface area (Å²) in [6.45, 7) is 9.02. The van der Waals surface area contributed by atoms with Gasteiger partial charge in [-0.1, -0.05) is 12.8 Å². The molecule has 2 saturated heterocycles. The third kappa shape index (κ3) is 4.17. The topological polar surface area (TPSA) is 38.5 Å². The first kappa shape index (κ1) is 15.3. The van der Waals surface area contributed by atoms with Gasteiger partial charge in [0.05, 0.1) is 0 Å².